The zero-order valence-electron chi connectivity index (χ0n) is 7.80. The van der Waals surface area contributed by atoms with Crippen molar-refractivity contribution in [3.05, 3.63) is 0 Å². The number of hydrogen-bond acceptors (Lipinski definition) is 2. The Morgan fingerprint density at radius 2 is 1.91 bits per heavy atom. The summed E-state index contributed by atoms with van der Waals surface area (Å²) in [7, 11) is 2.24. The van der Waals surface area contributed by atoms with Crippen LogP contribution >= 0.6 is 0 Å². The van der Waals surface area contributed by atoms with Gasteiger partial charge in [0.05, 0.1) is 0 Å². The maximum atomic E-state index is 2.59. The van der Waals surface area contributed by atoms with Crippen LogP contribution < -0.4 is 0 Å². The number of likely N-dealkylation sites (N-methyl/N-ethyl adjacent to an activating group) is 1. The van der Waals surface area contributed by atoms with Crippen LogP contribution in [-0.4, -0.2) is 49.1 Å². The third-order valence-corrected chi connectivity index (χ3v) is 2.68. The maximum Gasteiger partial charge on any atom is 0.0351 e. The topological polar surface area (TPSA) is 6.25 Å². The summed E-state index contributed by atoms with van der Waals surface area (Å²) >= 11 is 0. The third kappa shape index (κ3) is 1.57. The molecule has 0 aromatic carbocycles. The van der Waals surface area contributed by atoms with Gasteiger partial charge in [0.15, 0.2) is 0 Å². The Labute approximate surface area is 69.2 Å². The van der Waals surface area contributed by atoms with Crippen LogP contribution in [0.5, 0.6) is 0 Å². The third-order valence-electron chi connectivity index (χ3n) is 2.68. The van der Waals surface area contributed by atoms with Crippen LogP contribution in [0, 0.1) is 5.41 Å². The summed E-state index contributed by atoms with van der Waals surface area (Å²) in [4.78, 5) is 5.06. The minimum Gasteiger partial charge on any atom is -0.304 e. The Hall–Kier alpha value is -0.0800. The van der Waals surface area contributed by atoms with Gasteiger partial charge in [-0.3, -0.25) is 4.90 Å². The molecule has 0 N–H and O–H groups in total. The molecule has 2 nitrogen and oxygen atoms in total. The highest BCUT2D eigenvalue weighted by atomic mass is 15.4. The lowest BCUT2D eigenvalue weighted by molar-refractivity contribution is 0.220. The van der Waals surface area contributed by atoms with Gasteiger partial charge in [0.2, 0.25) is 0 Å². The van der Waals surface area contributed by atoms with Crippen molar-refractivity contribution < 1.29 is 0 Å². The van der Waals surface area contributed by atoms with Crippen molar-refractivity contribution in [1.82, 2.24) is 9.80 Å². The molecule has 2 saturated heterocycles. The van der Waals surface area contributed by atoms with Crippen LogP contribution in [0.1, 0.15) is 13.8 Å². The van der Waals surface area contributed by atoms with Crippen molar-refractivity contribution in [3.63, 3.8) is 0 Å². The van der Waals surface area contributed by atoms with Crippen LogP contribution in [0.2, 0.25) is 0 Å². The number of fused-ring (bicyclic) bond motifs is 1. The van der Waals surface area contributed by atoms with Crippen molar-refractivity contribution in [2.24, 2.45) is 5.41 Å². The fraction of sp³-hybridized carbons (Fsp3) is 1.00. The molecule has 2 aliphatic heterocycles. The van der Waals surface area contributed by atoms with E-state index in [2.05, 4.69) is 30.7 Å². The molecule has 11 heavy (non-hydrogen) atoms. The molecule has 2 aliphatic rings. The van der Waals surface area contributed by atoms with E-state index in [9.17, 15) is 0 Å². The van der Waals surface area contributed by atoms with Crippen molar-refractivity contribution in [2.45, 2.75) is 19.9 Å². The maximum absolute atomic E-state index is 2.59. The molecule has 2 heterocycles. The van der Waals surface area contributed by atoms with Gasteiger partial charge in [-0.1, -0.05) is 13.8 Å². The molecular formula is C9H18N2. The van der Waals surface area contributed by atoms with Crippen molar-refractivity contribution in [2.75, 3.05) is 33.2 Å². The van der Waals surface area contributed by atoms with Crippen molar-refractivity contribution in [1.29, 1.82) is 0 Å². The van der Waals surface area contributed by atoms with E-state index in [1.807, 2.05) is 0 Å². The van der Waals surface area contributed by atoms with E-state index < -0.39 is 0 Å². The predicted molar refractivity (Wildman–Crippen MR) is 46.6 cm³/mol. The van der Waals surface area contributed by atoms with Gasteiger partial charge in [0.25, 0.3) is 0 Å². The molecule has 0 radical (unpaired) electrons. The van der Waals surface area contributed by atoms with Gasteiger partial charge in [0, 0.05) is 32.2 Å². The van der Waals surface area contributed by atoms with E-state index >= 15 is 0 Å². The molecule has 0 aromatic rings. The van der Waals surface area contributed by atoms with Gasteiger partial charge >= 0.3 is 0 Å². The van der Waals surface area contributed by atoms with E-state index in [0.717, 1.165) is 6.04 Å². The van der Waals surface area contributed by atoms with Gasteiger partial charge in [-0.05, 0) is 12.5 Å². The highest BCUT2D eigenvalue weighted by molar-refractivity contribution is 4.97. The monoisotopic (exact) mass is 154 g/mol. The van der Waals surface area contributed by atoms with Crippen LogP contribution in [0.3, 0.4) is 0 Å². The van der Waals surface area contributed by atoms with Gasteiger partial charge in [0.1, 0.15) is 0 Å². The molecule has 2 heteroatoms. The van der Waals surface area contributed by atoms with E-state index in [1.54, 1.807) is 0 Å². The minimum absolute atomic E-state index is 0.500. The second kappa shape index (κ2) is 2.20. The van der Waals surface area contributed by atoms with Crippen molar-refractivity contribution >= 4 is 0 Å². The zero-order chi connectivity index (χ0) is 8.06. The second-order valence-electron chi connectivity index (χ2n) is 4.94. The molecule has 64 valence electrons. The number of nitrogens with zero attached hydrogens (tertiary/aromatic N) is 2. The lowest BCUT2D eigenvalue weighted by atomic mass is 9.93. The second-order valence-corrected chi connectivity index (χ2v) is 4.94. The summed E-state index contributed by atoms with van der Waals surface area (Å²) in [5, 5.41) is 0. The minimum atomic E-state index is 0.500. The summed E-state index contributed by atoms with van der Waals surface area (Å²) in [5.74, 6) is 0. The standard InChI is InChI=1S/C9H18N2/c1-9(2)6-10(3)4-8-5-11(8)7-9/h8H,4-7H2,1-3H3. The predicted octanol–water partition coefficient (Wildman–Crippen LogP) is 0.642. The molecule has 0 amide bonds. The van der Waals surface area contributed by atoms with Crippen LogP contribution in [0.15, 0.2) is 0 Å². The normalized spacial score (nSPS) is 42.8. The molecule has 0 bridgehead atoms. The average Bonchev–Trinajstić information content (AvgIpc) is 2.40. The summed E-state index contributed by atoms with van der Waals surface area (Å²) in [5.41, 5.74) is 0.500. The summed E-state index contributed by atoms with van der Waals surface area (Å²) < 4.78 is 0. The lowest BCUT2D eigenvalue weighted by Crippen LogP contribution is -2.33. The molecule has 2 fully saturated rings. The summed E-state index contributed by atoms with van der Waals surface area (Å²) in [6.45, 7) is 9.90. The fourth-order valence-corrected chi connectivity index (χ4v) is 2.35. The first-order chi connectivity index (χ1) is 5.07. The Balaban J connectivity index is 2.05. The Kier molecular flexibility index (Phi) is 1.52. The van der Waals surface area contributed by atoms with Gasteiger partial charge in [-0.25, -0.2) is 0 Å². The number of rotatable bonds is 0. The van der Waals surface area contributed by atoms with Crippen LogP contribution in [0.25, 0.3) is 0 Å². The van der Waals surface area contributed by atoms with Crippen LogP contribution in [-0.2, 0) is 0 Å². The van der Waals surface area contributed by atoms with Crippen molar-refractivity contribution in [3.8, 4) is 0 Å². The Morgan fingerprint density at radius 3 is 2.64 bits per heavy atom. The molecule has 0 saturated carbocycles. The first-order valence-electron chi connectivity index (χ1n) is 4.49. The molecule has 0 aromatic heterocycles. The molecule has 2 atom stereocenters. The molecular weight excluding hydrogens is 136 g/mol. The number of hydrogen-bond donors (Lipinski definition) is 0. The highest BCUT2D eigenvalue weighted by Gasteiger charge is 2.41. The van der Waals surface area contributed by atoms with Gasteiger partial charge in [-0.2, -0.15) is 0 Å². The molecule has 2 unspecified atom stereocenters. The van der Waals surface area contributed by atoms with E-state index in [4.69, 9.17) is 0 Å². The first-order valence-corrected chi connectivity index (χ1v) is 4.49. The SMILES string of the molecule is CN1CC2CN2CC(C)(C)C1. The van der Waals surface area contributed by atoms with E-state index in [1.165, 1.54) is 26.2 Å². The summed E-state index contributed by atoms with van der Waals surface area (Å²) in [6.07, 6.45) is 0. The fourth-order valence-electron chi connectivity index (χ4n) is 2.35. The molecule has 0 aliphatic carbocycles. The van der Waals surface area contributed by atoms with Gasteiger partial charge < -0.3 is 4.90 Å². The largest absolute Gasteiger partial charge is 0.304 e. The first kappa shape index (κ1) is 7.56. The zero-order valence-corrected chi connectivity index (χ0v) is 7.80. The highest BCUT2D eigenvalue weighted by Crippen LogP contribution is 2.30. The Morgan fingerprint density at radius 1 is 1.18 bits per heavy atom. The van der Waals surface area contributed by atoms with Gasteiger partial charge in [-0.15, -0.1) is 0 Å². The molecule has 2 rings (SSSR count). The van der Waals surface area contributed by atoms with E-state index in [-0.39, 0.29) is 0 Å². The Bertz CT molecular complexity index is 161. The smallest absolute Gasteiger partial charge is 0.0351 e. The quantitative estimate of drug-likeness (QED) is 0.472. The van der Waals surface area contributed by atoms with Crippen LogP contribution in [0.4, 0.5) is 0 Å². The molecule has 0 spiro atoms. The summed E-state index contributed by atoms with van der Waals surface area (Å²) in [6, 6.07) is 0.891. The van der Waals surface area contributed by atoms with E-state index in [0.29, 0.717) is 5.41 Å². The lowest BCUT2D eigenvalue weighted by Gasteiger charge is -2.27. The average molecular weight is 154 g/mol.